The average molecular weight is 484 g/mol. The van der Waals surface area contributed by atoms with Crippen molar-refractivity contribution in [2.75, 3.05) is 18.4 Å². The minimum atomic E-state index is -0.460. The van der Waals surface area contributed by atoms with Crippen molar-refractivity contribution in [3.63, 3.8) is 0 Å². The second-order valence-electron chi connectivity index (χ2n) is 8.37. The number of amides is 1. The van der Waals surface area contributed by atoms with E-state index >= 15 is 0 Å². The first-order valence-corrected chi connectivity index (χ1v) is 12.0. The van der Waals surface area contributed by atoms with Crippen LogP contribution in [0.25, 0.3) is 17.1 Å². The second kappa shape index (κ2) is 11.6. The molecule has 2 aromatic heterocycles. The molecule has 0 radical (unpaired) electrons. The molecule has 0 saturated heterocycles. The molecule has 11 heteroatoms. The van der Waals surface area contributed by atoms with Gasteiger partial charge in [-0.3, -0.25) is 14.9 Å². The molecule has 0 spiro atoms. The van der Waals surface area contributed by atoms with Gasteiger partial charge in [0.1, 0.15) is 5.82 Å². The predicted molar refractivity (Wildman–Crippen MR) is 135 cm³/mol. The van der Waals surface area contributed by atoms with Gasteiger partial charge in [0.2, 0.25) is 5.91 Å². The Hall–Kier alpha value is -3.47. The minimum Gasteiger partial charge on any atom is -0.369 e. The molecule has 0 aliphatic heterocycles. The molecule has 0 unspecified atom stereocenters. The summed E-state index contributed by atoms with van der Waals surface area (Å²) in [4.78, 5) is 31.8. The van der Waals surface area contributed by atoms with E-state index in [2.05, 4.69) is 48.4 Å². The standard InChI is InChI=1S/C23H29N7O3S/c1-15(2)13-25-21-19-14-26-29(22(19)28-23(27-21)34-16(3)4)12-11-24-20(31)10-7-17-5-8-18(9-6-17)30(32)33/h5-10,14-16H,11-13H2,1-4H3,(H,24,31)(H,25,27,28)/b10-7-. The number of hydrogen-bond acceptors (Lipinski definition) is 8. The highest BCUT2D eigenvalue weighted by atomic mass is 32.2. The zero-order chi connectivity index (χ0) is 24.7. The van der Waals surface area contributed by atoms with Crippen LogP contribution in [-0.4, -0.2) is 48.9 Å². The highest BCUT2D eigenvalue weighted by Crippen LogP contribution is 2.26. The van der Waals surface area contributed by atoms with E-state index < -0.39 is 4.92 Å². The lowest BCUT2D eigenvalue weighted by Gasteiger charge is -2.12. The van der Waals surface area contributed by atoms with Crippen LogP contribution in [0.15, 0.2) is 41.7 Å². The summed E-state index contributed by atoms with van der Waals surface area (Å²) in [6, 6.07) is 5.99. The molecule has 3 aromatic rings. The molecule has 0 bridgehead atoms. The number of nitrogens with zero attached hydrogens (tertiary/aromatic N) is 5. The van der Waals surface area contributed by atoms with Crippen molar-refractivity contribution in [2.24, 2.45) is 5.92 Å². The topological polar surface area (TPSA) is 128 Å². The van der Waals surface area contributed by atoms with Gasteiger partial charge in [-0.15, -0.1) is 0 Å². The smallest absolute Gasteiger partial charge is 0.269 e. The van der Waals surface area contributed by atoms with Gasteiger partial charge in [0, 0.05) is 36.5 Å². The van der Waals surface area contributed by atoms with Gasteiger partial charge in [0.25, 0.3) is 5.69 Å². The number of thioether (sulfide) groups is 1. The normalized spacial score (nSPS) is 11.6. The summed E-state index contributed by atoms with van der Waals surface area (Å²) in [6.07, 6.45) is 4.76. The quantitative estimate of drug-likeness (QED) is 0.137. The number of carbonyl (C=O) groups excluding carboxylic acids is 1. The summed E-state index contributed by atoms with van der Waals surface area (Å²) in [7, 11) is 0. The SMILES string of the molecule is CC(C)CNc1nc(SC(C)C)nc2c1cnn2CCNC(=O)/C=C\c1ccc([N+](=O)[O-])cc1. The van der Waals surface area contributed by atoms with Gasteiger partial charge in [-0.2, -0.15) is 5.10 Å². The van der Waals surface area contributed by atoms with E-state index in [4.69, 9.17) is 4.98 Å². The van der Waals surface area contributed by atoms with Gasteiger partial charge in [-0.05, 0) is 29.7 Å². The number of hydrogen-bond donors (Lipinski definition) is 2. The minimum absolute atomic E-state index is 0.00868. The van der Waals surface area contributed by atoms with Crippen molar-refractivity contribution in [3.05, 3.63) is 52.2 Å². The lowest BCUT2D eigenvalue weighted by Crippen LogP contribution is -2.25. The number of non-ortho nitro benzene ring substituents is 1. The monoisotopic (exact) mass is 483 g/mol. The number of benzene rings is 1. The van der Waals surface area contributed by atoms with E-state index in [1.165, 1.54) is 18.2 Å². The predicted octanol–water partition coefficient (Wildman–Crippen LogP) is 4.13. The van der Waals surface area contributed by atoms with Crippen LogP contribution in [0.3, 0.4) is 0 Å². The third kappa shape index (κ3) is 7.01. The Bertz CT molecular complexity index is 1170. The number of aromatic nitrogens is 4. The fourth-order valence-electron chi connectivity index (χ4n) is 3.02. The average Bonchev–Trinajstić information content (AvgIpc) is 3.18. The first kappa shape index (κ1) is 25.2. The molecule has 0 atom stereocenters. The Kier molecular flexibility index (Phi) is 8.58. The van der Waals surface area contributed by atoms with Gasteiger partial charge in [-0.1, -0.05) is 39.5 Å². The van der Waals surface area contributed by atoms with Crippen LogP contribution in [0, 0.1) is 16.0 Å². The summed E-state index contributed by atoms with van der Waals surface area (Å²) in [5, 5.41) is 23.3. The Balaban J connectivity index is 1.65. The van der Waals surface area contributed by atoms with Crippen molar-refractivity contribution in [3.8, 4) is 0 Å². The van der Waals surface area contributed by atoms with Crippen LogP contribution in [0.4, 0.5) is 11.5 Å². The molecule has 2 heterocycles. The fourth-order valence-corrected chi connectivity index (χ4v) is 3.73. The fraction of sp³-hybridized carbons (Fsp3) is 0.391. The highest BCUT2D eigenvalue weighted by Gasteiger charge is 2.14. The summed E-state index contributed by atoms with van der Waals surface area (Å²) < 4.78 is 1.77. The van der Waals surface area contributed by atoms with Gasteiger partial charge in [0.15, 0.2) is 10.8 Å². The number of nitro benzene ring substituents is 1. The summed E-state index contributed by atoms with van der Waals surface area (Å²) >= 11 is 1.59. The second-order valence-corrected chi connectivity index (χ2v) is 9.92. The largest absolute Gasteiger partial charge is 0.369 e. The maximum Gasteiger partial charge on any atom is 0.269 e. The molecular weight excluding hydrogens is 454 g/mol. The Morgan fingerprint density at radius 3 is 2.59 bits per heavy atom. The molecular formula is C23H29N7O3S. The van der Waals surface area contributed by atoms with E-state index in [-0.39, 0.29) is 11.6 Å². The van der Waals surface area contributed by atoms with E-state index in [9.17, 15) is 14.9 Å². The van der Waals surface area contributed by atoms with Crippen LogP contribution in [0.1, 0.15) is 33.3 Å². The van der Waals surface area contributed by atoms with Gasteiger partial charge >= 0.3 is 0 Å². The maximum atomic E-state index is 12.2. The summed E-state index contributed by atoms with van der Waals surface area (Å²) in [5.74, 6) is 0.971. The zero-order valence-electron chi connectivity index (χ0n) is 19.7. The summed E-state index contributed by atoms with van der Waals surface area (Å²) in [5.41, 5.74) is 1.43. The van der Waals surface area contributed by atoms with E-state index in [0.29, 0.717) is 35.0 Å². The lowest BCUT2D eigenvalue weighted by molar-refractivity contribution is -0.384. The third-order valence-electron chi connectivity index (χ3n) is 4.65. The van der Waals surface area contributed by atoms with Crippen LogP contribution in [-0.2, 0) is 11.3 Å². The molecule has 180 valence electrons. The van der Waals surface area contributed by atoms with Crippen molar-refractivity contribution >= 4 is 46.3 Å². The number of anilines is 1. The first-order chi connectivity index (χ1) is 16.2. The third-order valence-corrected chi connectivity index (χ3v) is 5.51. The summed E-state index contributed by atoms with van der Waals surface area (Å²) in [6.45, 7) is 10.1. The van der Waals surface area contributed by atoms with E-state index in [0.717, 1.165) is 23.4 Å². The molecule has 1 aromatic carbocycles. The number of nitro groups is 1. The molecule has 1 amide bonds. The molecule has 3 rings (SSSR count). The molecule has 0 fully saturated rings. The number of fused-ring (bicyclic) bond motifs is 1. The molecule has 10 nitrogen and oxygen atoms in total. The zero-order valence-corrected chi connectivity index (χ0v) is 20.5. The maximum absolute atomic E-state index is 12.2. The Morgan fingerprint density at radius 1 is 1.21 bits per heavy atom. The number of carbonyl (C=O) groups is 1. The van der Waals surface area contributed by atoms with Crippen LogP contribution in [0.2, 0.25) is 0 Å². The van der Waals surface area contributed by atoms with Gasteiger partial charge in [0.05, 0.1) is 23.1 Å². The molecule has 2 N–H and O–H groups in total. The molecule has 34 heavy (non-hydrogen) atoms. The van der Waals surface area contributed by atoms with Crippen LogP contribution in [0.5, 0.6) is 0 Å². The first-order valence-electron chi connectivity index (χ1n) is 11.1. The van der Waals surface area contributed by atoms with Crippen molar-refractivity contribution in [2.45, 2.75) is 44.6 Å². The van der Waals surface area contributed by atoms with E-state index in [1.807, 2.05) is 0 Å². The number of nitrogens with one attached hydrogen (secondary N) is 2. The number of rotatable bonds is 11. The van der Waals surface area contributed by atoms with Gasteiger partial charge < -0.3 is 10.6 Å². The Morgan fingerprint density at radius 2 is 1.94 bits per heavy atom. The molecule has 0 saturated carbocycles. The highest BCUT2D eigenvalue weighted by molar-refractivity contribution is 7.99. The van der Waals surface area contributed by atoms with Crippen LogP contribution < -0.4 is 10.6 Å². The lowest BCUT2D eigenvalue weighted by atomic mass is 10.2. The molecule has 0 aliphatic carbocycles. The van der Waals surface area contributed by atoms with Crippen molar-refractivity contribution < 1.29 is 9.72 Å². The van der Waals surface area contributed by atoms with Crippen molar-refractivity contribution in [1.29, 1.82) is 0 Å². The van der Waals surface area contributed by atoms with Crippen LogP contribution >= 0.6 is 11.8 Å². The Labute approximate surface area is 202 Å². The molecule has 0 aliphatic rings. The van der Waals surface area contributed by atoms with Crippen molar-refractivity contribution in [1.82, 2.24) is 25.1 Å². The van der Waals surface area contributed by atoms with Gasteiger partial charge in [-0.25, -0.2) is 14.6 Å². The van der Waals surface area contributed by atoms with E-state index in [1.54, 1.807) is 40.8 Å².